The Kier molecular flexibility index (Phi) is 11.9. The van der Waals surface area contributed by atoms with E-state index in [1.807, 2.05) is 36.6 Å². The van der Waals surface area contributed by atoms with Crippen molar-refractivity contribution >= 4 is 35.4 Å². The number of aliphatic hydroxyl groups excluding tert-OH is 1. The number of aliphatic hydroxyl groups is 1. The average Bonchev–Trinajstić information content (AvgIpc) is 3.48. The number of nitrogens with zero attached hydrogens (tertiary/aromatic N) is 3. The Balaban J connectivity index is 1.66. The summed E-state index contributed by atoms with van der Waals surface area (Å²) < 4.78 is 21.4. The molecule has 4 amide bonds. The van der Waals surface area contributed by atoms with Crippen molar-refractivity contribution in [1.82, 2.24) is 36.3 Å². The van der Waals surface area contributed by atoms with Gasteiger partial charge in [0.15, 0.2) is 0 Å². The fourth-order valence-electron chi connectivity index (χ4n) is 4.61. The van der Waals surface area contributed by atoms with E-state index in [0.717, 1.165) is 17.7 Å². The number of benzene rings is 2. The molecule has 4 rings (SSSR count). The highest BCUT2D eigenvalue weighted by Crippen LogP contribution is 2.20. The summed E-state index contributed by atoms with van der Waals surface area (Å²) in [7, 11) is 0. The molecule has 15 heteroatoms. The fraction of sp³-hybridized carbons (Fsp3) is 0.400. The molecule has 0 unspecified atom stereocenters. The topological polar surface area (TPSA) is 177 Å². The lowest BCUT2D eigenvalue weighted by atomic mass is 10.0. The second-order valence-corrected chi connectivity index (χ2v) is 11.5. The summed E-state index contributed by atoms with van der Waals surface area (Å²) in [6.07, 6.45) is 2.45. The van der Waals surface area contributed by atoms with Gasteiger partial charge >= 0.3 is 0 Å². The Morgan fingerprint density at radius 2 is 1.80 bits per heavy atom. The van der Waals surface area contributed by atoms with Crippen LogP contribution in [0.5, 0.6) is 5.75 Å². The van der Waals surface area contributed by atoms with E-state index < -0.39 is 53.7 Å². The zero-order valence-corrected chi connectivity index (χ0v) is 25.7. The summed E-state index contributed by atoms with van der Waals surface area (Å²) in [6.45, 7) is 1.58. The second kappa shape index (κ2) is 16.0. The van der Waals surface area contributed by atoms with E-state index in [9.17, 15) is 28.7 Å². The number of halogens is 1. The lowest BCUT2D eigenvalue weighted by Gasteiger charge is -2.26. The predicted octanol–water partition coefficient (Wildman–Crippen LogP) is 0.571. The van der Waals surface area contributed by atoms with Crippen molar-refractivity contribution in [3.63, 3.8) is 0 Å². The first-order chi connectivity index (χ1) is 21.6. The SMILES string of the molecule is CSCC[C@@H]1NC(=O)[C@H]([C@@H](C)O)NC(=O)c2cc(F)ccc2OCCn2cc(nn2)CNC(=O)[C@H](Cc2ccccc2)NC1=O. The average molecular weight is 642 g/mol. The molecular weight excluding hydrogens is 605 g/mol. The standard InChI is InChI=1S/C30H36FN7O6S/c1-18(39)26-30(43)33-23(10-13-45-2)29(42)34-24(14-19-6-4-3-5-7-19)28(41)32-16-21-17-38(37-36-21)11-12-44-25-9-8-20(31)15-22(25)27(40)35-26/h3-9,15,17-18,23-24,26,39H,10-14,16H2,1-2H3,(H,32,41)(H,33,43)(H,34,42)(H,35,40)/t18-,23+,24+,26+/m1/s1. The van der Waals surface area contributed by atoms with Crippen LogP contribution in [-0.4, -0.2) is 86.6 Å². The highest BCUT2D eigenvalue weighted by molar-refractivity contribution is 7.98. The van der Waals surface area contributed by atoms with Crippen molar-refractivity contribution < 1.29 is 33.4 Å². The quantitative estimate of drug-likeness (QED) is 0.258. The number of rotatable bonds is 6. The molecule has 1 aromatic heterocycles. The van der Waals surface area contributed by atoms with Crippen LogP contribution in [0.4, 0.5) is 4.39 Å². The van der Waals surface area contributed by atoms with Gasteiger partial charge in [0.05, 0.1) is 31.0 Å². The van der Waals surface area contributed by atoms with Crippen LogP contribution in [0.3, 0.4) is 0 Å². The first-order valence-corrected chi connectivity index (χ1v) is 15.8. The molecule has 0 saturated carbocycles. The van der Waals surface area contributed by atoms with Gasteiger partial charge in [-0.15, -0.1) is 5.10 Å². The monoisotopic (exact) mass is 641 g/mol. The smallest absolute Gasteiger partial charge is 0.255 e. The van der Waals surface area contributed by atoms with E-state index in [1.165, 1.54) is 29.4 Å². The van der Waals surface area contributed by atoms with E-state index in [0.29, 0.717) is 11.4 Å². The van der Waals surface area contributed by atoms with Crippen LogP contribution in [0.2, 0.25) is 0 Å². The molecule has 45 heavy (non-hydrogen) atoms. The number of carbonyl (C=O) groups excluding carboxylic acids is 4. The molecule has 240 valence electrons. The number of fused-ring (bicyclic) bond motifs is 3. The number of thioether (sulfide) groups is 1. The summed E-state index contributed by atoms with van der Waals surface area (Å²) >= 11 is 1.45. The minimum absolute atomic E-state index is 0.0314. The van der Waals surface area contributed by atoms with Crippen molar-refractivity contribution in [2.24, 2.45) is 0 Å². The number of aromatic nitrogens is 3. The van der Waals surface area contributed by atoms with E-state index in [-0.39, 0.29) is 43.9 Å². The molecule has 4 atom stereocenters. The van der Waals surface area contributed by atoms with Crippen molar-refractivity contribution in [3.05, 3.63) is 77.4 Å². The molecule has 1 aliphatic rings. The highest BCUT2D eigenvalue weighted by atomic mass is 32.2. The molecule has 2 heterocycles. The van der Waals surface area contributed by atoms with Gasteiger partial charge in [-0.1, -0.05) is 35.5 Å². The fourth-order valence-corrected chi connectivity index (χ4v) is 5.08. The maximum Gasteiger partial charge on any atom is 0.255 e. The molecule has 2 aromatic carbocycles. The van der Waals surface area contributed by atoms with Crippen molar-refractivity contribution in [3.8, 4) is 5.75 Å². The molecule has 1 aliphatic heterocycles. The third-order valence-electron chi connectivity index (χ3n) is 7.00. The number of hydrogen-bond donors (Lipinski definition) is 5. The Bertz CT molecular complexity index is 1490. The van der Waals surface area contributed by atoms with Gasteiger partial charge in [-0.25, -0.2) is 9.07 Å². The number of hydrogen-bond acceptors (Lipinski definition) is 9. The van der Waals surface area contributed by atoms with E-state index in [4.69, 9.17) is 4.74 Å². The Hall–Kier alpha value is -4.50. The van der Waals surface area contributed by atoms with Crippen LogP contribution < -0.4 is 26.0 Å². The van der Waals surface area contributed by atoms with Gasteiger partial charge < -0.3 is 31.1 Å². The second-order valence-electron chi connectivity index (χ2n) is 10.5. The van der Waals surface area contributed by atoms with Crippen LogP contribution in [0, 0.1) is 5.82 Å². The predicted molar refractivity (Wildman–Crippen MR) is 164 cm³/mol. The Labute approximate surface area is 263 Å². The van der Waals surface area contributed by atoms with Crippen LogP contribution in [0.15, 0.2) is 54.7 Å². The third kappa shape index (κ3) is 9.49. The molecular formula is C30H36FN7O6S. The minimum Gasteiger partial charge on any atom is -0.491 e. The van der Waals surface area contributed by atoms with Gasteiger partial charge in [-0.3, -0.25) is 19.2 Å². The van der Waals surface area contributed by atoms with E-state index >= 15 is 0 Å². The summed E-state index contributed by atoms with van der Waals surface area (Å²) in [5.74, 6) is -2.97. The lowest BCUT2D eigenvalue weighted by Crippen LogP contribution is -2.59. The van der Waals surface area contributed by atoms with Crippen molar-refractivity contribution in [1.29, 1.82) is 0 Å². The molecule has 3 aromatic rings. The maximum atomic E-state index is 14.2. The number of carbonyl (C=O) groups is 4. The van der Waals surface area contributed by atoms with Crippen LogP contribution in [0.25, 0.3) is 0 Å². The number of amides is 4. The molecule has 0 spiro atoms. The van der Waals surface area contributed by atoms with Crippen LogP contribution in [0.1, 0.15) is 35.0 Å². The zero-order valence-electron chi connectivity index (χ0n) is 24.9. The molecule has 0 saturated heterocycles. The molecule has 13 nitrogen and oxygen atoms in total. The van der Waals surface area contributed by atoms with Gasteiger partial charge in [0.1, 0.15) is 42.0 Å². The van der Waals surface area contributed by atoms with Gasteiger partial charge in [0.2, 0.25) is 17.7 Å². The molecule has 0 aliphatic carbocycles. The molecule has 0 radical (unpaired) electrons. The lowest BCUT2D eigenvalue weighted by molar-refractivity contribution is -0.133. The third-order valence-corrected chi connectivity index (χ3v) is 7.65. The summed E-state index contributed by atoms with van der Waals surface area (Å²) in [5.41, 5.74) is 1.07. The first-order valence-electron chi connectivity index (χ1n) is 14.4. The van der Waals surface area contributed by atoms with E-state index in [2.05, 4.69) is 31.6 Å². The van der Waals surface area contributed by atoms with Gasteiger partial charge in [0.25, 0.3) is 5.91 Å². The summed E-state index contributed by atoms with van der Waals surface area (Å²) in [4.78, 5) is 53.6. The Morgan fingerprint density at radius 1 is 1.04 bits per heavy atom. The first kappa shape index (κ1) is 33.4. The van der Waals surface area contributed by atoms with Crippen LogP contribution >= 0.6 is 11.8 Å². The van der Waals surface area contributed by atoms with Gasteiger partial charge in [0, 0.05) is 6.42 Å². The minimum atomic E-state index is -1.50. The van der Waals surface area contributed by atoms with Crippen molar-refractivity contribution in [2.75, 3.05) is 18.6 Å². The van der Waals surface area contributed by atoms with Gasteiger partial charge in [-0.2, -0.15) is 11.8 Å². The molecule has 5 N–H and O–H groups in total. The largest absolute Gasteiger partial charge is 0.491 e. The highest BCUT2D eigenvalue weighted by Gasteiger charge is 2.32. The Morgan fingerprint density at radius 3 is 2.53 bits per heavy atom. The maximum absolute atomic E-state index is 14.2. The summed E-state index contributed by atoms with van der Waals surface area (Å²) in [5, 5.41) is 29.2. The molecule has 0 fully saturated rings. The number of nitrogens with one attached hydrogen (secondary N) is 4. The molecule has 2 bridgehead atoms. The van der Waals surface area contributed by atoms with Crippen LogP contribution in [-0.2, 0) is 33.9 Å². The number of ether oxygens (including phenoxy) is 1. The normalized spacial score (nSPS) is 20.8. The van der Waals surface area contributed by atoms with Gasteiger partial charge in [-0.05, 0) is 49.1 Å². The van der Waals surface area contributed by atoms with Crippen molar-refractivity contribution in [2.45, 2.75) is 57.1 Å². The zero-order chi connectivity index (χ0) is 32.3. The van der Waals surface area contributed by atoms with E-state index in [1.54, 1.807) is 6.20 Å². The summed E-state index contributed by atoms with van der Waals surface area (Å²) in [6, 6.07) is 8.91.